The van der Waals surface area contributed by atoms with E-state index in [0.29, 0.717) is 54.3 Å². The molecule has 1 saturated heterocycles. The highest BCUT2D eigenvalue weighted by atomic mass is 35.5. The van der Waals surface area contributed by atoms with Crippen LogP contribution >= 0.6 is 11.6 Å². The second-order valence-corrected chi connectivity index (χ2v) is 14.7. The Bertz CT molecular complexity index is 1780. The van der Waals surface area contributed by atoms with E-state index < -0.39 is 39.8 Å². The molecule has 3 aromatic rings. The van der Waals surface area contributed by atoms with Crippen LogP contribution in [0, 0.1) is 0 Å². The molecule has 0 saturated carbocycles. The summed E-state index contributed by atoms with van der Waals surface area (Å²) in [5.74, 6) is -0.983. The molecular formula is C33H34ClF3N4O5S. The first-order valence-electron chi connectivity index (χ1n) is 15.2. The highest BCUT2D eigenvalue weighted by Crippen LogP contribution is 2.47. The van der Waals surface area contributed by atoms with Gasteiger partial charge in [0.05, 0.1) is 18.0 Å². The van der Waals surface area contributed by atoms with Gasteiger partial charge in [0, 0.05) is 43.0 Å². The van der Waals surface area contributed by atoms with Crippen LogP contribution in [0.15, 0.2) is 66.7 Å². The number of halogens is 4. The van der Waals surface area contributed by atoms with Crippen molar-refractivity contribution in [2.45, 2.75) is 56.1 Å². The van der Waals surface area contributed by atoms with E-state index in [2.05, 4.69) is 15.4 Å². The number of likely N-dealkylation sites (tertiary alicyclic amines) is 1. The fraction of sp³-hybridized carbons (Fsp3) is 0.394. The zero-order valence-corrected chi connectivity index (χ0v) is 27.1. The van der Waals surface area contributed by atoms with Gasteiger partial charge in [-0.2, -0.15) is 0 Å². The van der Waals surface area contributed by atoms with Crippen LogP contribution in [0.25, 0.3) is 0 Å². The number of piperidine rings is 1. The van der Waals surface area contributed by atoms with Gasteiger partial charge >= 0.3 is 6.36 Å². The number of rotatable bonds is 7. The van der Waals surface area contributed by atoms with Gasteiger partial charge in [-0.15, -0.1) is 13.2 Å². The van der Waals surface area contributed by atoms with Gasteiger partial charge in [-0.25, -0.2) is 8.42 Å². The Labute approximate surface area is 276 Å². The summed E-state index contributed by atoms with van der Waals surface area (Å²) in [7, 11) is -3.49. The molecule has 0 radical (unpaired) electrons. The van der Waals surface area contributed by atoms with Crippen LogP contribution < -0.4 is 19.7 Å². The van der Waals surface area contributed by atoms with Gasteiger partial charge in [0.25, 0.3) is 0 Å². The second-order valence-electron chi connectivity index (χ2n) is 12.4. The Hall–Kier alpha value is -3.81. The summed E-state index contributed by atoms with van der Waals surface area (Å²) in [6, 6.07) is 16.9. The number of para-hydroxylation sites is 1. The van der Waals surface area contributed by atoms with E-state index in [1.807, 2.05) is 24.3 Å². The first-order valence-corrected chi connectivity index (χ1v) is 17.5. The molecule has 2 amide bonds. The van der Waals surface area contributed by atoms with Crippen LogP contribution in [-0.4, -0.2) is 69.5 Å². The fourth-order valence-corrected chi connectivity index (χ4v) is 8.01. The third kappa shape index (κ3) is 7.21. The summed E-state index contributed by atoms with van der Waals surface area (Å²) < 4.78 is 68.7. The average Bonchev–Trinajstić information content (AvgIpc) is 3.35. The fourth-order valence-electron chi connectivity index (χ4n) is 6.89. The molecule has 1 fully saturated rings. The number of carbonyl (C=O) groups is 2. The maximum atomic E-state index is 14.1. The Morgan fingerprint density at radius 3 is 2.45 bits per heavy atom. The molecule has 3 aliphatic heterocycles. The van der Waals surface area contributed by atoms with Crippen LogP contribution in [0.5, 0.6) is 5.75 Å². The summed E-state index contributed by atoms with van der Waals surface area (Å²) in [6.45, 7) is 1.24. The molecule has 9 nitrogen and oxygen atoms in total. The van der Waals surface area contributed by atoms with Crippen molar-refractivity contribution in [2.24, 2.45) is 0 Å². The van der Waals surface area contributed by atoms with Crippen molar-refractivity contribution in [3.05, 3.63) is 94.0 Å². The number of anilines is 1. The summed E-state index contributed by atoms with van der Waals surface area (Å²) >= 11 is 6.08. The molecule has 1 unspecified atom stereocenters. The third-order valence-electron chi connectivity index (χ3n) is 9.28. The summed E-state index contributed by atoms with van der Waals surface area (Å²) in [4.78, 5) is 29.4. The van der Waals surface area contributed by atoms with Crippen LogP contribution in [0.1, 0.15) is 35.1 Å². The maximum absolute atomic E-state index is 14.1. The van der Waals surface area contributed by atoms with Crippen molar-refractivity contribution < 1.29 is 35.9 Å². The van der Waals surface area contributed by atoms with E-state index in [1.54, 1.807) is 29.2 Å². The lowest BCUT2D eigenvalue weighted by Crippen LogP contribution is -2.57. The van der Waals surface area contributed by atoms with Crippen LogP contribution in [0.2, 0.25) is 5.02 Å². The van der Waals surface area contributed by atoms with E-state index in [1.165, 1.54) is 28.8 Å². The molecule has 6 rings (SSSR count). The monoisotopic (exact) mass is 690 g/mol. The van der Waals surface area contributed by atoms with Crippen LogP contribution in [-0.2, 0) is 44.4 Å². The normalized spacial score (nSPS) is 19.6. The largest absolute Gasteiger partial charge is 0.573 e. The number of hydrogen-bond donors (Lipinski definition) is 2. The lowest BCUT2D eigenvalue weighted by molar-refractivity contribution is -0.274. The molecule has 3 aromatic carbocycles. The summed E-state index contributed by atoms with van der Waals surface area (Å²) in [5.41, 5.74) is 3.32. The molecule has 0 aliphatic carbocycles. The van der Waals surface area contributed by atoms with E-state index in [9.17, 15) is 31.2 Å². The molecule has 3 aliphatic rings. The number of ether oxygens (including phenoxy) is 1. The van der Waals surface area contributed by atoms with E-state index in [4.69, 9.17) is 11.6 Å². The summed E-state index contributed by atoms with van der Waals surface area (Å²) in [5, 5.41) is 6.55. The van der Waals surface area contributed by atoms with Gasteiger partial charge in [-0.3, -0.25) is 13.9 Å². The standard InChI is InChI=1S/C33H34ClF3N4O5S/c1-47(44,45)41-20-32(26-4-2-3-5-29(26)41)12-14-40(15-13-32)31(43)28(16-21-6-9-24(34)10-7-21)39-30(42)27-18-22-8-11-25(46-33(35,36)37)17-23(22)19-38-27/h2-11,17,27-28,38H,12-16,18-20H2,1H3,(H,39,42)/t27?,28-/m1/s1. The van der Waals surface area contributed by atoms with Gasteiger partial charge in [0.1, 0.15) is 11.8 Å². The van der Waals surface area contributed by atoms with E-state index in [0.717, 1.165) is 11.1 Å². The molecule has 2 atom stereocenters. The van der Waals surface area contributed by atoms with Gasteiger partial charge in [0.15, 0.2) is 0 Å². The lowest BCUT2D eigenvalue weighted by Gasteiger charge is -2.41. The minimum atomic E-state index is -4.81. The first-order chi connectivity index (χ1) is 22.2. The average molecular weight is 691 g/mol. The van der Waals surface area contributed by atoms with Crippen LogP contribution in [0.3, 0.4) is 0 Å². The van der Waals surface area contributed by atoms with Crippen molar-refractivity contribution >= 4 is 39.1 Å². The molecule has 2 N–H and O–H groups in total. The van der Waals surface area contributed by atoms with E-state index in [-0.39, 0.29) is 31.0 Å². The van der Waals surface area contributed by atoms with Crippen molar-refractivity contribution in [3.63, 3.8) is 0 Å². The molecular weight excluding hydrogens is 657 g/mol. The highest BCUT2D eigenvalue weighted by Gasteiger charge is 2.48. The smallest absolute Gasteiger partial charge is 0.406 e. The van der Waals surface area contributed by atoms with Crippen molar-refractivity contribution in [2.75, 3.05) is 30.2 Å². The molecule has 1 spiro atoms. The number of amides is 2. The van der Waals surface area contributed by atoms with Crippen molar-refractivity contribution in [1.29, 1.82) is 0 Å². The zero-order chi connectivity index (χ0) is 33.6. The third-order valence-corrected chi connectivity index (χ3v) is 10.7. The zero-order valence-electron chi connectivity index (χ0n) is 25.5. The number of nitrogens with zero attached hydrogens (tertiary/aromatic N) is 2. The van der Waals surface area contributed by atoms with Crippen molar-refractivity contribution in [3.8, 4) is 5.75 Å². The molecule has 0 bridgehead atoms. The second kappa shape index (κ2) is 12.7. The highest BCUT2D eigenvalue weighted by molar-refractivity contribution is 7.92. The SMILES string of the molecule is CS(=O)(=O)N1CC2(CCN(C(=O)[C@@H](Cc3ccc(Cl)cc3)NC(=O)C3Cc4ccc(OC(F)(F)F)cc4CN3)CC2)c2ccccc21. The van der Waals surface area contributed by atoms with Gasteiger partial charge in [0.2, 0.25) is 21.8 Å². The lowest BCUT2D eigenvalue weighted by atomic mass is 9.74. The van der Waals surface area contributed by atoms with Gasteiger partial charge in [-0.05, 0) is 71.8 Å². The van der Waals surface area contributed by atoms with Gasteiger partial charge in [-0.1, -0.05) is 48.0 Å². The van der Waals surface area contributed by atoms with Crippen LogP contribution in [0.4, 0.5) is 18.9 Å². The number of sulfonamides is 1. The van der Waals surface area contributed by atoms with E-state index >= 15 is 0 Å². The molecule has 250 valence electrons. The number of nitrogens with one attached hydrogen (secondary N) is 2. The summed E-state index contributed by atoms with van der Waals surface area (Å²) in [6.07, 6.45) is -2.05. The first kappa shape index (κ1) is 33.1. The molecule has 0 aromatic heterocycles. The maximum Gasteiger partial charge on any atom is 0.573 e. The number of fused-ring (bicyclic) bond motifs is 3. The number of alkyl halides is 3. The number of hydrogen-bond acceptors (Lipinski definition) is 6. The van der Waals surface area contributed by atoms with Crippen molar-refractivity contribution in [1.82, 2.24) is 15.5 Å². The minimum absolute atomic E-state index is 0.151. The van der Waals surface area contributed by atoms with Gasteiger partial charge < -0.3 is 20.3 Å². The topological polar surface area (TPSA) is 108 Å². The number of benzene rings is 3. The predicted molar refractivity (Wildman–Crippen MR) is 171 cm³/mol. The minimum Gasteiger partial charge on any atom is -0.406 e. The Morgan fingerprint density at radius 1 is 1.06 bits per heavy atom. The Balaban J connectivity index is 1.16. The molecule has 14 heteroatoms. The Kier molecular flexibility index (Phi) is 8.92. The molecule has 47 heavy (non-hydrogen) atoms. The molecule has 3 heterocycles. The predicted octanol–water partition coefficient (Wildman–Crippen LogP) is 4.32. The Morgan fingerprint density at radius 2 is 1.77 bits per heavy atom. The number of carbonyl (C=O) groups excluding carboxylic acids is 2. The quantitative estimate of drug-likeness (QED) is 0.383.